The minimum atomic E-state index is -1.19. The summed E-state index contributed by atoms with van der Waals surface area (Å²) in [4.78, 5) is 22.1. The van der Waals surface area contributed by atoms with Crippen molar-refractivity contribution in [2.75, 3.05) is 0 Å². The SMILES string of the molecule is CC(=O)NC(=Cc1ccc(OCc2ccc(I)cc2)cc1)C(=O)O. The van der Waals surface area contributed by atoms with Crippen LogP contribution < -0.4 is 10.1 Å². The van der Waals surface area contributed by atoms with Crippen LogP contribution in [0.1, 0.15) is 18.1 Å². The van der Waals surface area contributed by atoms with E-state index >= 15 is 0 Å². The van der Waals surface area contributed by atoms with Gasteiger partial charge in [-0.15, -0.1) is 0 Å². The second-order valence-corrected chi connectivity index (χ2v) is 6.27. The molecule has 0 bridgehead atoms. The van der Waals surface area contributed by atoms with Crippen molar-refractivity contribution >= 4 is 40.5 Å². The smallest absolute Gasteiger partial charge is 0.352 e. The summed E-state index contributed by atoms with van der Waals surface area (Å²) in [7, 11) is 0. The Morgan fingerprint density at radius 2 is 1.75 bits per heavy atom. The average Bonchev–Trinajstić information content (AvgIpc) is 2.54. The number of amides is 1. The number of carboxylic acids is 1. The van der Waals surface area contributed by atoms with Crippen LogP contribution in [0.4, 0.5) is 0 Å². The maximum Gasteiger partial charge on any atom is 0.352 e. The van der Waals surface area contributed by atoms with Gasteiger partial charge in [-0.1, -0.05) is 24.3 Å². The zero-order chi connectivity index (χ0) is 17.5. The third kappa shape index (κ3) is 5.69. The molecule has 124 valence electrons. The molecule has 2 aromatic carbocycles. The Morgan fingerprint density at radius 1 is 1.12 bits per heavy atom. The average molecular weight is 437 g/mol. The third-order valence-electron chi connectivity index (χ3n) is 3.05. The molecule has 1 amide bonds. The molecule has 0 spiro atoms. The molecule has 0 atom stereocenters. The lowest BCUT2D eigenvalue weighted by Gasteiger charge is -2.07. The van der Waals surface area contributed by atoms with E-state index in [1.54, 1.807) is 24.3 Å². The van der Waals surface area contributed by atoms with Gasteiger partial charge in [-0.3, -0.25) is 4.79 Å². The highest BCUT2D eigenvalue weighted by Gasteiger charge is 2.08. The Labute approximate surface area is 153 Å². The number of halogens is 1. The van der Waals surface area contributed by atoms with Gasteiger partial charge in [0.25, 0.3) is 0 Å². The largest absolute Gasteiger partial charge is 0.489 e. The number of hydrogen-bond donors (Lipinski definition) is 2. The molecule has 0 aromatic heterocycles. The summed E-state index contributed by atoms with van der Waals surface area (Å²) in [5, 5.41) is 11.3. The zero-order valence-electron chi connectivity index (χ0n) is 13.0. The van der Waals surface area contributed by atoms with Crippen molar-refractivity contribution in [2.45, 2.75) is 13.5 Å². The highest BCUT2D eigenvalue weighted by atomic mass is 127. The molecule has 2 aromatic rings. The molecule has 0 saturated carbocycles. The van der Waals surface area contributed by atoms with Crippen molar-refractivity contribution in [1.29, 1.82) is 0 Å². The van der Waals surface area contributed by atoms with Crippen molar-refractivity contribution in [3.8, 4) is 5.75 Å². The van der Waals surface area contributed by atoms with Gasteiger partial charge in [0.2, 0.25) is 5.91 Å². The fraction of sp³-hybridized carbons (Fsp3) is 0.111. The van der Waals surface area contributed by atoms with E-state index < -0.39 is 11.9 Å². The van der Waals surface area contributed by atoms with Gasteiger partial charge in [0.15, 0.2) is 0 Å². The van der Waals surface area contributed by atoms with Gasteiger partial charge in [-0.2, -0.15) is 0 Å². The second kappa shape index (κ2) is 8.49. The van der Waals surface area contributed by atoms with E-state index in [1.165, 1.54) is 16.6 Å². The Kier molecular flexibility index (Phi) is 6.36. The highest BCUT2D eigenvalue weighted by molar-refractivity contribution is 14.1. The summed E-state index contributed by atoms with van der Waals surface area (Å²) in [5.41, 5.74) is 1.55. The van der Waals surface area contributed by atoms with Gasteiger partial charge in [0, 0.05) is 10.5 Å². The lowest BCUT2D eigenvalue weighted by atomic mass is 10.2. The highest BCUT2D eigenvalue weighted by Crippen LogP contribution is 2.16. The van der Waals surface area contributed by atoms with Gasteiger partial charge < -0.3 is 15.2 Å². The summed E-state index contributed by atoms with van der Waals surface area (Å²) >= 11 is 2.25. The molecule has 2 rings (SSSR count). The van der Waals surface area contributed by atoms with Crippen LogP contribution in [0.25, 0.3) is 6.08 Å². The third-order valence-corrected chi connectivity index (χ3v) is 3.77. The summed E-state index contributed by atoms with van der Waals surface area (Å²) in [5.74, 6) is -0.938. The molecule has 5 nitrogen and oxygen atoms in total. The van der Waals surface area contributed by atoms with Gasteiger partial charge in [-0.25, -0.2) is 4.79 Å². The van der Waals surface area contributed by atoms with E-state index in [4.69, 9.17) is 9.84 Å². The molecule has 0 aliphatic carbocycles. The van der Waals surface area contributed by atoms with E-state index in [0.29, 0.717) is 17.9 Å². The first-order valence-electron chi connectivity index (χ1n) is 7.14. The molecule has 0 fully saturated rings. The fourth-order valence-corrected chi connectivity index (χ4v) is 2.27. The monoisotopic (exact) mass is 437 g/mol. The Bertz CT molecular complexity index is 752. The molecular formula is C18H16INO4. The number of carbonyl (C=O) groups excluding carboxylic acids is 1. The number of carbonyl (C=O) groups is 2. The summed E-state index contributed by atoms with van der Waals surface area (Å²) < 4.78 is 6.86. The van der Waals surface area contributed by atoms with E-state index in [0.717, 1.165) is 5.56 Å². The fourth-order valence-electron chi connectivity index (χ4n) is 1.92. The number of hydrogen-bond acceptors (Lipinski definition) is 3. The van der Waals surface area contributed by atoms with Crippen LogP contribution in [0.15, 0.2) is 54.2 Å². The van der Waals surface area contributed by atoms with Crippen molar-refractivity contribution in [2.24, 2.45) is 0 Å². The minimum Gasteiger partial charge on any atom is -0.489 e. The maximum absolute atomic E-state index is 11.1. The molecule has 0 unspecified atom stereocenters. The first kappa shape index (κ1) is 18.0. The van der Waals surface area contributed by atoms with Crippen molar-refractivity contribution in [3.63, 3.8) is 0 Å². The number of carboxylic acid groups (broad SMARTS) is 1. The number of benzene rings is 2. The van der Waals surface area contributed by atoms with Crippen LogP contribution in [-0.4, -0.2) is 17.0 Å². The molecule has 0 heterocycles. The molecule has 0 aliphatic rings. The normalized spacial score (nSPS) is 11.0. The summed E-state index contributed by atoms with van der Waals surface area (Å²) in [6, 6.07) is 15.0. The van der Waals surface area contributed by atoms with Crippen LogP contribution in [0.2, 0.25) is 0 Å². The predicted octanol–water partition coefficient (Wildman–Crippen LogP) is 3.43. The molecule has 6 heteroatoms. The molecule has 0 saturated heterocycles. The number of rotatable bonds is 6. The Balaban J connectivity index is 2.02. The number of ether oxygens (including phenoxy) is 1. The van der Waals surface area contributed by atoms with Crippen LogP contribution in [-0.2, 0) is 16.2 Å². The summed E-state index contributed by atoms with van der Waals surface area (Å²) in [6.45, 7) is 1.72. The van der Waals surface area contributed by atoms with Gasteiger partial charge in [0.05, 0.1) is 0 Å². The van der Waals surface area contributed by atoms with E-state index in [-0.39, 0.29) is 5.70 Å². The second-order valence-electron chi connectivity index (χ2n) is 5.03. The van der Waals surface area contributed by atoms with Gasteiger partial charge in [-0.05, 0) is 64.1 Å². The molecule has 2 N–H and O–H groups in total. The van der Waals surface area contributed by atoms with E-state index in [9.17, 15) is 9.59 Å². The van der Waals surface area contributed by atoms with Crippen LogP contribution >= 0.6 is 22.6 Å². The Morgan fingerprint density at radius 3 is 2.29 bits per heavy atom. The lowest BCUT2D eigenvalue weighted by molar-refractivity contribution is -0.134. The first-order chi connectivity index (χ1) is 11.4. The van der Waals surface area contributed by atoms with Crippen LogP contribution in [0.3, 0.4) is 0 Å². The molecular weight excluding hydrogens is 421 g/mol. The van der Waals surface area contributed by atoms with Crippen molar-refractivity contribution in [3.05, 3.63) is 68.9 Å². The molecule has 0 aliphatic heterocycles. The van der Waals surface area contributed by atoms with Crippen molar-refractivity contribution in [1.82, 2.24) is 5.32 Å². The molecule has 24 heavy (non-hydrogen) atoms. The summed E-state index contributed by atoms with van der Waals surface area (Å²) in [6.07, 6.45) is 1.40. The standard InChI is InChI=1S/C18H16INO4/c1-12(21)20-17(18(22)23)10-13-4-8-16(9-5-13)24-11-14-2-6-15(19)7-3-14/h2-10H,11H2,1H3,(H,20,21)(H,22,23). The van der Waals surface area contributed by atoms with E-state index in [1.807, 2.05) is 24.3 Å². The number of nitrogens with one attached hydrogen (secondary N) is 1. The van der Waals surface area contributed by atoms with Crippen LogP contribution in [0, 0.1) is 3.57 Å². The van der Waals surface area contributed by atoms with Crippen LogP contribution in [0.5, 0.6) is 5.75 Å². The van der Waals surface area contributed by atoms with Gasteiger partial charge >= 0.3 is 5.97 Å². The Hall–Kier alpha value is -2.35. The zero-order valence-corrected chi connectivity index (χ0v) is 15.1. The predicted molar refractivity (Wildman–Crippen MR) is 99.4 cm³/mol. The minimum absolute atomic E-state index is 0.171. The molecule has 0 radical (unpaired) electrons. The van der Waals surface area contributed by atoms with E-state index in [2.05, 4.69) is 27.9 Å². The number of aliphatic carboxylic acids is 1. The van der Waals surface area contributed by atoms with Crippen molar-refractivity contribution < 1.29 is 19.4 Å². The quantitative estimate of drug-likeness (QED) is 0.537. The lowest BCUT2D eigenvalue weighted by Crippen LogP contribution is -2.24. The topological polar surface area (TPSA) is 75.6 Å². The first-order valence-corrected chi connectivity index (χ1v) is 8.22. The van der Waals surface area contributed by atoms with Gasteiger partial charge in [0.1, 0.15) is 18.1 Å². The maximum atomic E-state index is 11.1.